The molecule has 8 heteroatoms. The molecule has 0 unspecified atom stereocenters. The second kappa shape index (κ2) is 6.67. The number of rotatable bonds is 4. The van der Waals surface area contributed by atoms with Crippen molar-refractivity contribution in [3.63, 3.8) is 0 Å². The van der Waals surface area contributed by atoms with Crippen LogP contribution < -0.4 is 0 Å². The molecule has 0 saturated heterocycles. The average molecular weight is 435 g/mol. The van der Waals surface area contributed by atoms with E-state index >= 15 is 0 Å². The first-order valence-electron chi connectivity index (χ1n) is 7.48. The molecule has 0 saturated carbocycles. The van der Waals surface area contributed by atoms with Gasteiger partial charge in [0.2, 0.25) is 0 Å². The Morgan fingerprint density at radius 1 is 1.23 bits per heavy atom. The first-order chi connectivity index (χ1) is 12.3. The lowest BCUT2D eigenvalue weighted by Gasteiger charge is -2.11. The van der Waals surface area contributed by atoms with E-state index < -0.39 is 28.0 Å². The van der Waals surface area contributed by atoms with Gasteiger partial charge in [0.05, 0.1) is 16.5 Å². The van der Waals surface area contributed by atoms with Gasteiger partial charge >= 0.3 is 0 Å². The van der Waals surface area contributed by atoms with Crippen molar-refractivity contribution in [2.75, 3.05) is 0 Å². The van der Waals surface area contributed by atoms with Gasteiger partial charge in [0.1, 0.15) is 17.9 Å². The summed E-state index contributed by atoms with van der Waals surface area (Å²) in [4.78, 5) is 12.3. The number of hydrogen-bond donors (Lipinski definition) is 0. The summed E-state index contributed by atoms with van der Waals surface area (Å²) in [5.41, 5.74) is 0.647. The van der Waals surface area contributed by atoms with E-state index in [9.17, 15) is 17.6 Å². The fourth-order valence-electron chi connectivity index (χ4n) is 2.64. The van der Waals surface area contributed by atoms with Crippen LogP contribution in [0.5, 0.6) is 0 Å². The quantitative estimate of drug-likeness (QED) is 0.576. The summed E-state index contributed by atoms with van der Waals surface area (Å²) in [6.45, 7) is 1.82. The number of Topliss-reactive ketones (excluding diaryl/α,β-unsaturated/α-hetero) is 1. The smallest absolute Gasteiger partial charge is 0.268 e. The molecule has 3 rings (SSSR count). The molecule has 0 atom stereocenters. The third-order valence-corrected chi connectivity index (χ3v) is 6.08. The molecule has 5 nitrogen and oxygen atoms in total. The molecule has 0 bridgehead atoms. The highest BCUT2D eigenvalue weighted by atomic mass is 79.9. The fourth-order valence-corrected chi connectivity index (χ4v) is 4.57. The van der Waals surface area contributed by atoms with Crippen molar-refractivity contribution in [1.29, 1.82) is 5.26 Å². The van der Waals surface area contributed by atoms with E-state index in [4.69, 9.17) is 5.26 Å². The summed E-state index contributed by atoms with van der Waals surface area (Å²) in [6.07, 6.45) is -0.511. The number of halogens is 2. The normalized spacial score (nSPS) is 11.5. The van der Waals surface area contributed by atoms with E-state index in [0.29, 0.717) is 4.47 Å². The number of aromatic nitrogens is 1. The summed E-state index contributed by atoms with van der Waals surface area (Å²) in [7, 11) is -4.17. The van der Waals surface area contributed by atoms with Crippen LogP contribution in [-0.4, -0.2) is 18.2 Å². The molecule has 1 heterocycles. The molecule has 132 valence electrons. The maximum atomic E-state index is 14.3. The Morgan fingerprint density at radius 3 is 2.50 bits per heavy atom. The number of carbonyl (C=O) groups is 1. The maximum absolute atomic E-state index is 14.3. The van der Waals surface area contributed by atoms with Gasteiger partial charge in [-0.3, -0.25) is 4.79 Å². The number of hydrogen-bond acceptors (Lipinski definition) is 4. The molecule has 1 aromatic heterocycles. The van der Waals surface area contributed by atoms with Gasteiger partial charge in [-0.05, 0) is 37.3 Å². The highest BCUT2D eigenvalue weighted by Gasteiger charge is 2.27. The first-order valence-corrected chi connectivity index (χ1v) is 9.72. The summed E-state index contributed by atoms with van der Waals surface area (Å²) in [5.74, 6) is -1.37. The Morgan fingerprint density at radius 2 is 1.88 bits per heavy atom. The lowest BCUT2D eigenvalue weighted by atomic mass is 10.2. The molecule has 0 radical (unpaired) electrons. The summed E-state index contributed by atoms with van der Waals surface area (Å²) >= 11 is 3.14. The third kappa shape index (κ3) is 3.04. The van der Waals surface area contributed by atoms with E-state index in [1.807, 2.05) is 6.92 Å². The lowest BCUT2D eigenvalue weighted by molar-refractivity contribution is 0.0992. The number of nitriles is 1. The zero-order valence-electron chi connectivity index (χ0n) is 13.5. The van der Waals surface area contributed by atoms with E-state index in [1.54, 1.807) is 18.2 Å². The van der Waals surface area contributed by atoms with Crippen LogP contribution >= 0.6 is 15.9 Å². The molecule has 0 aliphatic carbocycles. The summed E-state index contributed by atoms with van der Waals surface area (Å²) < 4.78 is 41.8. The number of benzene rings is 2. The minimum atomic E-state index is -4.17. The minimum Gasteiger partial charge on any atom is -0.291 e. The number of fused-ring (bicyclic) bond motifs is 1. The van der Waals surface area contributed by atoms with E-state index in [-0.39, 0.29) is 21.5 Å². The number of nitrogens with zero attached hydrogens (tertiary/aromatic N) is 2. The molecule has 0 fully saturated rings. The van der Waals surface area contributed by atoms with Crippen LogP contribution in [-0.2, 0) is 10.0 Å². The third-order valence-electron chi connectivity index (χ3n) is 3.88. The van der Waals surface area contributed by atoms with Crippen LogP contribution in [0.1, 0.15) is 22.5 Å². The molecule has 2 aromatic carbocycles. The van der Waals surface area contributed by atoms with Gasteiger partial charge in [-0.15, -0.1) is 0 Å². The van der Waals surface area contributed by atoms with Gasteiger partial charge in [-0.1, -0.05) is 33.6 Å². The molecule has 0 spiro atoms. The average Bonchev–Trinajstić information content (AvgIpc) is 2.96. The highest BCUT2D eigenvalue weighted by molar-refractivity contribution is 9.10. The van der Waals surface area contributed by atoms with Crippen molar-refractivity contribution in [3.05, 3.63) is 64.0 Å². The van der Waals surface area contributed by atoms with Crippen molar-refractivity contribution in [1.82, 2.24) is 3.97 Å². The Balaban J connectivity index is 2.39. The van der Waals surface area contributed by atoms with Gasteiger partial charge in [0, 0.05) is 9.86 Å². The summed E-state index contributed by atoms with van der Waals surface area (Å²) in [5, 5.41) is 8.79. The minimum absolute atomic E-state index is 0.00910. The zero-order chi connectivity index (χ0) is 19.1. The van der Waals surface area contributed by atoms with Crippen LogP contribution in [0.4, 0.5) is 4.39 Å². The number of aryl methyl sites for hydroxylation is 1. The molecular weight excluding hydrogens is 423 g/mol. The largest absolute Gasteiger partial charge is 0.291 e. The SMILES string of the molecule is Cc1ccc(S(=O)(=O)n2c(C(=O)CC#N)cc3c(F)cc(Br)cc32)cc1. The van der Waals surface area contributed by atoms with Crippen molar-refractivity contribution >= 4 is 42.6 Å². The Kier molecular flexibility index (Phi) is 4.69. The van der Waals surface area contributed by atoms with Crippen molar-refractivity contribution in [2.45, 2.75) is 18.2 Å². The van der Waals surface area contributed by atoms with E-state index in [1.165, 1.54) is 30.3 Å². The molecule has 0 aliphatic heterocycles. The second-order valence-corrected chi connectivity index (χ2v) is 8.39. The van der Waals surface area contributed by atoms with Crippen LogP contribution in [0.15, 0.2) is 51.8 Å². The molecule has 3 aromatic rings. The molecule has 26 heavy (non-hydrogen) atoms. The molecule has 0 aliphatic rings. The van der Waals surface area contributed by atoms with Crippen LogP contribution in [0.25, 0.3) is 10.9 Å². The van der Waals surface area contributed by atoms with Crippen molar-refractivity contribution in [3.8, 4) is 6.07 Å². The van der Waals surface area contributed by atoms with Crippen LogP contribution in [0.2, 0.25) is 0 Å². The Bertz CT molecular complexity index is 1180. The highest BCUT2D eigenvalue weighted by Crippen LogP contribution is 2.31. The Labute approximate surface area is 157 Å². The van der Waals surface area contributed by atoms with Crippen LogP contribution in [0.3, 0.4) is 0 Å². The standard InChI is InChI=1S/C18H12BrFN2O3S/c1-11-2-4-13(5-3-11)26(24,25)22-16-9-12(19)8-15(20)14(16)10-17(22)18(23)6-7-21/h2-5,8-10H,6H2,1H3. The fraction of sp³-hybridized carbons (Fsp3) is 0.111. The van der Waals surface area contributed by atoms with E-state index in [0.717, 1.165) is 9.54 Å². The summed E-state index contributed by atoms with van der Waals surface area (Å²) in [6, 6.07) is 11.6. The van der Waals surface area contributed by atoms with Gasteiger partial charge in [-0.2, -0.15) is 5.26 Å². The Hall–Kier alpha value is -2.50. The van der Waals surface area contributed by atoms with E-state index in [2.05, 4.69) is 15.9 Å². The van der Waals surface area contributed by atoms with Gasteiger partial charge < -0.3 is 0 Å². The van der Waals surface area contributed by atoms with Gasteiger partial charge in [0.15, 0.2) is 5.78 Å². The van der Waals surface area contributed by atoms with Gasteiger partial charge in [0.25, 0.3) is 10.0 Å². The van der Waals surface area contributed by atoms with Crippen molar-refractivity contribution in [2.24, 2.45) is 0 Å². The zero-order valence-corrected chi connectivity index (χ0v) is 15.9. The lowest BCUT2D eigenvalue weighted by Crippen LogP contribution is -2.18. The predicted molar refractivity (Wildman–Crippen MR) is 97.9 cm³/mol. The monoisotopic (exact) mass is 434 g/mol. The molecule has 0 N–H and O–H groups in total. The number of carbonyl (C=O) groups excluding carboxylic acids is 1. The molecular formula is C18H12BrFN2O3S. The second-order valence-electron chi connectivity index (χ2n) is 5.69. The topological polar surface area (TPSA) is 79.9 Å². The number of ketones is 1. The van der Waals surface area contributed by atoms with Gasteiger partial charge in [-0.25, -0.2) is 16.8 Å². The first kappa shape index (κ1) is 18.3. The predicted octanol–water partition coefficient (Wildman–Crippen LogP) is 4.18. The molecule has 0 amide bonds. The van der Waals surface area contributed by atoms with Crippen LogP contribution in [0, 0.1) is 24.1 Å². The maximum Gasteiger partial charge on any atom is 0.268 e. The van der Waals surface area contributed by atoms with Crippen molar-refractivity contribution < 1.29 is 17.6 Å².